The standard InChI is InChI=1S/C17H26N6O3/c1-3-5-14(16-18-19-20-23(16)11-13-25-2)21-7-9-22(10-8-21)17(24)15-6-4-12-26-15/h4,6,12,14H,3,5,7-11,13H2,1-2H3/t14-/m0/s1. The van der Waals surface area contributed by atoms with Crippen LogP contribution in [0.2, 0.25) is 0 Å². The van der Waals surface area contributed by atoms with Gasteiger partial charge in [0.25, 0.3) is 5.91 Å². The summed E-state index contributed by atoms with van der Waals surface area (Å²) in [7, 11) is 1.67. The number of tetrazole rings is 1. The van der Waals surface area contributed by atoms with Crippen molar-refractivity contribution < 1.29 is 13.9 Å². The van der Waals surface area contributed by atoms with Crippen LogP contribution in [0.3, 0.4) is 0 Å². The van der Waals surface area contributed by atoms with Gasteiger partial charge in [-0.05, 0) is 29.0 Å². The summed E-state index contributed by atoms with van der Waals surface area (Å²) in [5.74, 6) is 1.22. The van der Waals surface area contributed by atoms with E-state index in [9.17, 15) is 4.79 Å². The fourth-order valence-corrected chi connectivity index (χ4v) is 3.33. The van der Waals surface area contributed by atoms with Crippen molar-refractivity contribution in [2.24, 2.45) is 0 Å². The van der Waals surface area contributed by atoms with Gasteiger partial charge < -0.3 is 14.1 Å². The predicted octanol–water partition coefficient (Wildman–Crippen LogP) is 1.21. The number of hydrogen-bond acceptors (Lipinski definition) is 7. The first kappa shape index (κ1) is 18.5. The minimum Gasteiger partial charge on any atom is -0.459 e. The largest absolute Gasteiger partial charge is 0.459 e. The van der Waals surface area contributed by atoms with E-state index in [2.05, 4.69) is 27.3 Å². The van der Waals surface area contributed by atoms with Crippen LogP contribution >= 0.6 is 0 Å². The van der Waals surface area contributed by atoms with Crippen LogP contribution in [-0.4, -0.2) is 75.8 Å². The molecular formula is C17H26N6O3. The number of piperazine rings is 1. The lowest BCUT2D eigenvalue weighted by Crippen LogP contribution is -2.50. The van der Waals surface area contributed by atoms with Crippen molar-refractivity contribution in [3.8, 4) is 0 Å². The molecule has 1 aliphatic rings. The Bertz CT molecular complexity index is 678. The predicted molar refractivity (Wildman–Crippen MR) is 93.5 cm³/mol. The molecule has 0 N–H and O–H groups in total. The Morgan fingerprint density at radius 1 is 1.35 bits per heavy atom. The van der Waals surface area contributed by atoms with Gasteiger partial charge in [-0.2, -0.15) is 0 Å². The first-order valence-electron chi connectivity index (χ1n) is 9.06. The van der Waals surface area contributed by atoms with Crippen molar-refractivity contribution in [2.75, 3.05) is 39.9 Å². The monoisotopic (exact) mass is 362 g/mol. The fourth-order valence-electron chi connectivity index (χ4n) is 3.33. The smallest absolute Gasteiger partial charge is 0.289 e. The Hall–Kier alpha value is -2.26. The van der Waals surface area contributed by atoms with Crippen LogP contribution in [0.25, 0.3) is 0 Å². The molecule has 1 atom stereocenters. The second-order valence-corrected chi connectivity index (χ2v) is 6.36. The van der Waals surface area contributed by atoms with E-state index in [0.717, 1.165) is 31.8 Å². The molecule has 9 nitrogen and oxygen atoms in total. The number of nitrogens with zero attached hydrogens (tertiary/aromatic N) is 6. The number of carbonyl (C=O) groups excluding carboxylic acids is 1. The van der Waals surface area contributed by atoms with E-state index in [-0.39, 0.29) is 11.9 Å². The van der Waals surface area contributed by atoms with E-state index in [0.29, 0.717) is 32.0 Å². The Morgan fingerprint density at radius 3 is 2.81 bits per heavy atom. The Balaban J connectivity index is 1.65. The normalized spacial score (nSPS) is 16.8. The van der Waals surface area contributed by atoms with E-state index >= 15 is 0 Å². The van der Waals surface area contributed by atoms with Crippen molar-refractivity contribution in [1.29, 1.82) is 0 Å². The van der Waals surface area contributed by atoms with Gasteiger partial charge in [0.05, 0.1) is 25.5 Å². The Morgan fingerprint density at radius 2 is 2.15 bits per heavy atom. The molecule has 1 saturated heterocycles. The average Bonchev–Trinajstić information content (AvgIpc) is 3.36. The van der Waals surface area contributed by atoms with Gasteiger partial charge in [0.2, 0.25) is 0 Å². The van der Waals surface area contributed by atoms with E-state index in [1.54, 1.807) is 19.2 Å². The quantitative estimate of drug-likeness (QED) is 0.697. The summed E-state index contributed by atoms with van der Waals surface area (Å²) in [5.41, 5.74) is 0. The highest BCUT2D eigenvalue weighted by Crippen LogP contribution is 2.25. The number of rotatable bonds is 8. The molecule has 26 heavy (non-hydrogen) atoms. The molecule has 1 fully saturated rings. The lowest BCUT2D eigenvalue weighted by Gasteiger charge is -2.38. The number of methoxy groups -OCH3 is 1. The first-order valence-corrected chi connectivity index (χ1v) is 9.06. The third-order valence-electron chi connectivity index (χ3n) is 4.70. The second kappa shape index (κ2) is 8.91. The Kier molecular flexibility index (Phi) is 6.35. The number of amides is 1. The summed E-state index contributed by atoms with van der Waals surface area (Å²) in [4.78, 5) is 16.6. The summed E-state index contributed by atoms with van der Waals surface area (Å²) >= 11 is 0. The number of hydrogen-bond donors (Lipinski definition) is 0. The maximum atomic E-state index is 12.4. The highest BCUT2D eigenvalue weighted by atomic mass is 16.5. The maximum absolute atomic E-state index is 12.4. The minimum atomic E-state index is -0.0494. The van der Waals surface area contributed by atoms with E-state index in [1.807, 2.05) is 9.58 Å². The molecule has 9 heteroatoms. The van der Waals surface area contributed by atoms with E-state index in [4.69, 9.17) is 9.15 Å². The zero-order valence-electron chi connectivity index (χ0n) is 15.4. The number of carbonyl (C=O) groups is 1. The third kappa shape index (κ3) is 4.10. The van der Waals surface area contributed by atoms with Crippen LogP contribution in [0.15, 0.2) is 22.8 Å². The maximum Gasteiger partial charge on any atom is 0.289 e. The highest BCUT2D eigenvalue weighted by Gasteiger charge is 2.30. The molecule has 142 valence electrons. The Labute approximate surface area is 152 Å². The molecule has 3 rings (SSSR count). The average molecular weight is 362 g/mol. The van der Waals surface area contributed by atoms with E-state index < -0.39 is 0 Å². The van der Waals surface area contributed by atoms with Crippen molar-refractivity contribution in [2.45, 2.75) is 32.4 Å². The topological polar surface area (TPSA) is 89.5 Å². The molecule has 2 aromatic heterocycles. The van der Waals surface area contributed by atoms with Gasteiger partial charge in [-0.15, -0.1) is 5.10 Å². The van der Waals surface area contributed by atoms with Crippen LogP contribution in [0.4, 0.5) is 0 Å². The SMILES string of the molecule is CCC[C@@H](c1nnnn1CCOC)N1CCN(C(=O)c2ccco2)CC1. The first-order chi connectivity index (χ1) is 12.7. The van der Waals surface area contributed by atoms with E-state index in [1.165, 1.54) is 6.26 Å². The summed E-state index contributed by atoms with van der Waals surface area (Å²) in [5, 5.41) is 12.2. The van der Waals surface area contributed by atoms with Gasteiger partial charge in [0.15, 0.2) is 11.6 Å². The summed E-state index contributed by atoms with van der Waals surface area (Å²) in [6.45, 7) is 6.27. The van der Waals surface area contributed by atoms with Crippen LogP contribution in [0, 0.1) is 0 Å². The van der Waals surface area contributed by atoms with Gasteiger partial charge in [-0.3, -0.25) is 9.69 Å². The third-order valence-corrected chi connectivity index (χ3v) is 4.70. The minimum absolute atomic E-state index is 0.0494. The molecule has 0 radical (unpaired) electrons. The highest BCUT2D eigenvalue weighted by molar-refractivity contribution is 5.91. The van der Waals surface area contributed by atoms with Gasteiger partial charge in [-0.25, -0.2) is 4.68 Å². The molecule has 0 aliphatic carbocycles. The van der Waals surface area contributed by atoms with Crippen molar-refractivity contribution in [3.05, 3.63) is 30.0 Å². The summed E-state index contributed by atoms with van der Waals surface area (Å²) in [6.07, 6.45) is 3.54. The van der Waals surface area contributed by atoms with Crippen molar-refractivity contribution in [1.82, 2.24) is 30.0 Å². The summed E-state index contributed by atoms with van der Waals surface area (Å²) in [6, 6.07) is 3.59. The molecule has 0 unspecified atom stereocenters. The van der Waals surface area contributed by atoms with Gasteiger partial charge in [0.1, 0.15) is 0 Å². The van der Waals surface area contributed by atoms with Crippen LogP contribution in [0.1, 0.15) is 42.2 Å². The molecule has 1 amide bonds. The molecule has 0 spiro atoms. The molecule has 1 aliphatic heterocycles. The number of ether oxygens (including phenoxy) is 1. The van der Waals surface area contributed by atoms with Gasteiger partial charge in [0, 0.05) is 33.3 Å². The zero-order chi connectivity index (χ0) is 18.4. The van der Waals surface area contributed by atoms with Crippen molar-refractivity contribution >= 4 is 5.91 Å². The van der Waals surface area contributed by atoms with Crippen LogP contribution in [0.5, 0.6) is 0 Å². The zero-order valence-corrected chi connectivity index (χ0v) is 15.4. The molecule has 3 heterocycles. The fraction of sp³-hybridized carbons (Fsp3) is 0.647. The lowest BCUT2D eigenvalue weighted by atomic mass is 10.1. The molecule has 0 bridgehead atoms. The van der Waals surface area contributed by atoms with Gasteiger partial charge >= 0.3 is 0 Å². The van der Waals surface area contributed by atoms with Crippen LogP contribution < -0.4 is 0 Å². The number of aromatic nitrogens is 4. The number of furan rings is 1. The van der Waals surface area contributed by atoms with Gasteiger partial charge in [-0.1, -0.05) is 13.3 Å². The summed E-state index contributed by atoms with van der Waals surface area (Å²) < 4.78 is 12.2. The molecular weight excluding hydrogens is 336 g/mol. The van der Waals surface area contributed by atoms with Crippen molar-refractivity contribution in [3.63, 3.8) is 0 Å². The molecule has 0 saturated carbocycles. The molecule has 0 aromatic carbocycles. The second-order valence-electron chi connectivity index (χ2n) is 6.36. The molecule has 2 aromatic rings. The van der Waals surface area contributed by atoms with Crippen LogP contribution in [-0.2, 0) is 11.3 Å². The lowest BCUT2D eigenvalue weighted by molar-refractivity contribution is 0.0512.